The highest BCUT2D eigenvalue weighted by Crippen LogP contribution is 2.16. The van der Waals surface area contributed by atoms with Crippen molar-refractivity contribution in [3.05, 3.63) is 17.7 Å². The van der Waals surface area contributed by atoms with Crippen LogP contribution in [0.3, 0.4) is 0 Å². The summed E-state index contributed by atoms with van der Waals surface area (Å²) in [5.74, 6) is 1.61. The molecule has 0 saturated heterocycles. The van der Waals surface area contributed by atoms with Gasteiger partial charge >= 0.3 is 0 Å². The van der Waals surface area contributed by atoms with Gasteiger partial charge in [0.2, 0.25) is 0 Å². The molecule has 0 aliphatic rings. The molecule has 0 spiro atoms. The Bertz CT molecular complexity index is 400. The standard InChI is InChI=1S/C8H11N5/c1-3-7-10-8(13-12-7)6-4-9-11-5(6)2/h4H,3H2,1-2H3,(H,9,11)(H,10,12,13). The molecule has 13 heavy (non-hydrogen) atoms. The average molecular weight is 177 g/mol. The number of nitrogens with zero attached hydrogens (tertiary/aromatic N) is 3. The first kappa shape index (κ1) is 7.97. The first-order valence-corrected chi connectivity index (χ1v) is 4.23. The number of H-pyrrole nitrogens is 2. The quantitative estimate of drug-likeness (QED) is 0.720. The fourth-order valence-corrected chi connectivity index (χ4v) is 1.15. The summed E-state index contributed by atoms with van der Waals surface area (Å²) in [6, 6.07) is 0. The van der Waals surface area contributed by atoms with Crippen LogP contribution in [0.2, 0.25) is 0 Å². The monoisotopic (exact) mass is 177 g/mol. The van der Waals surface area contributed by atoms with E-state index in [4.69, 9.17) is 0 Å². The van der Waals surface area contributed by atoms with E-state index >= 15 is 0 Å². The Balaban J connectivity index is 2.41. The molecule has 2 rings (SSSR count). The fraction of sp³-hybridized carbons (Fsp3) is 0.375. The number of nitrogens with one attached hydrogen (secondary N) is 2. The lowest BCUT2D eigenvalue weighted by atomic mass is 10.2. The lowest BCUT2D eigenvalue weighted by molar-refractivity contribution is 0.946. The summed E-state index contributed by atoms with van der Waals surface area (Å²) in [5.41, 5.74) is 1.94. The molecule has 0 atom stereocenters. The Morgan fingerprint density at radius 1 is 1.38 bits per heavy atom. The summed E-state index contributed by atoms with van der Waals surface area (Å²) in [6.07, 6.45) is 2.60. The van der Waals surface area contributed by atoms with E-state index in [0.29, 0.717) is 5.82 Å². The lowest BCUT2D eigenvalue weighted by Crippen LogP contribution is -1.82. The highest BCUT2D eigenvalue weighted by Gasteiger charge is 2.08. The molecule has 5 heteroatoms. The molecule has 0 aliphatic carbocycles. The molecular weight excluding hydrogens is 166 g/mol. The molecule has 0 amide bonds. The van der Waals surface area contributed by atoms with Gasteiger partial charge in [-0.1, -0.05) is 6.92 Å². The van der Waals surface area contributed by atoms with Crippen LogP contribution in [0.4, 0.5) is 0 Å². The van der Waals surface area contributed by atoms with Gasteiger partial charge in [-0.05, 0) is 6.92 Å². The van der Waals surface area contributed by atoms with Gasteiger partial charge in [0.25, 0.3) is 0 Å². The third kappa shape index (κ3) is 1.32. The normalized spacial score (nSPS) is 10.6. The van der Waals surface area contributed by atoms with Gasteiger partial charge in [0, 0.05) is 12.1 Å². The molecule has 0 aliphatic heterocycles. The van der Waals surface area contributed by atoms with Gasteiger partial charge in [0.05, 0.1) is 11.8 Å². The first-order valence-electron chi connectivity index (χ1n) is 4.23. The van der Waals surface area contributed by atoms with Gasteiger partial charge in [-0.15, -0.1) is 0 Å². The van der Waals surface area contributed by atoms with E-state index < -0.39 is 0 Å². The SMILES string of the molecule is CCc1nc(-c2cn[nH]c2C)n[nH]1. The number of hydrogen-bond acceptors (Lipinski definition) is 3. The van der Waals surface area contributed by atoms with Crippen LogP contribution >= 0.6 is 0 Å². The van der Waals surface area contributed by atoms with Gasteiger partial charge in [-0.3, -0.25) is 10.2 Å². The molecule has 2 N–H and O–H groups in total. The maximum atomic E-state index is 4.31. The van der Waals surface area contributed by atoms with Crippen LogP contribution in [0.15, 0.2) is 6.20 Å². The molecule has 0 unspecified atom stereocenters. The number of aromatic amines is 2. The van der Waals surface area contributed by atoms with E-state index in [0.717, 1.165) is 23.5 Å². The second-order valence-electron chi connectivity index (χ2n) is 2.87. The van der Waals surface area contributed by atoms with Crippen LogP contribution in [0.5, 0.6) is 0 Å². The lowest BCUT2D eigenvalue weighted by Gasteiger charge is -1.88. The van der Waals surface area contributed by atoms with Gasteiger partial charge in [-0.25, -0.2) is 4.98 Å². The summed E-state index contributed by atoms with van der Waals surface area (Å²) in [4.78, 5) is 4.31. The number of aryl methyl sites for hydroxylation is 2. The van der Waals surface area contributed by atoms with E-state index in [2.05, 4.69) is 25.4 Å². The van der Waals surface area contributed by atoms with Gasteiger partial charge in [-0.2, -0.15) is 10.2 Å². The predicted octanol–water partition coefficient (Wildman–Crippen LogP) is 1.07. The van der Waals surface area contributed by atoms with Crippen molar-refractivity contribution >= 4 is 0 Å². The zero-order valence-electron chi connectivity index (χ0n) is 7.63. The Labute approximate surface area is 75.6 Å². The van der Waals surface area contributed by atoms with Crippen molar-refractivity contribution in [2.24, 2.45) is 0 Å². The average Bonchev–Trinajstić information content (AvgIpc) is 2.71. The van der Waals surface area contributed by atoms with E-state index in [1.54, 1.807) is 6.20 Å². The Hall–Kier alpha value is -1.65. The second kappa shape index (κ2) is 3.01. The van der Waals surface area contributed by atoms with Crippen LogP contribution in [0.1, 0.15) is 18.4 Å². The maximum Gasteiger partial charge on any atom is 0.184 e. The van der Waals surface area contributed by atoms with Crippen molar-refractivity contribution in [1.82, 2.24) is 25.4 Å². The molecule has 68 valence electrons. The van der Waals surface area contributed by atoms with E-state index in [-0.39, 0.29) is 0 Å². The third-order valence-corrected chi connectivity index (χ3v) is 1.94. The zero-order valence-corrected chi connectivity index (χ0v) is 7.63. The third-order valence-electron chi connectivity index (χ3n) is 1.94. The van der Waals surface area contributed by atoms with Crippen LogP contribution in [0, 0.1) is 6.92 Å². The zero-order chi connectivity index (χ0) is 9.26. The van der Waals surface area contributed by atoms with Crippen LogP contribution in [0.25, 0.3) is 11.4 Å². The minimum atomic E-state index is 0.711. The van der Waals surface area contributed by atoms with Crippen LogP contribution in [-0.2, 0) is 6.42 Å². The molecule has 2 aromatic heterocycles. The number of hydrogen-bond donors (Lipinski definition) is 2. The molecule has 2 heterocycles. The maximum absolute atomic E-state index is 4.31. The van der Waals surface area contributed by atoms with Crippen molar-refractivity contribution in [3.63, 3.8) is 0 Å². The Morgan fingerprint density at radius 2 is 2.23 bits per heavy atom. The van der Waals surface area contributed by atoms with Crippen molar-refractivity contribution in [2.45, 2.75) is 20.3 Å². The summed E-state index contributed by atoms with van der Waals surface area (Å²) in [7, 11) is 0. The molecule has 0 fully saturated rings. The minimum Gasteiger partial charge on any atom is -0.282 e. The van der Waals surface area contributed by atoms with Gasteiger partial charge in [0.1, 0.15) is 5.82 Å². The van der Waals surface area contributed by atoms with Crippen molar-refractivity contribution in [1.29, 1.82) is 0 Å². The summed E-state index contributed by atoms with van der Waals surface area (Å²) >= 11 is 0. The highest BCUT2D eigenvalue weighted by molar-refractivity contribution is 5.55. The summed E-state index contributed by atoms with van der Waals surface area (Å²) < 4.78 is 0. The second-order valence-corrected chi connectivity index (χ2v) is 2.87. The molecule has 5 nitrogen and oxygen atoms in total. The fourth-order valence-electron chi connectivity index (χ4n) is 1.15. The molecule has 2 aromatic rings. The Kier molecular flexibility index (Phi) is 1.84. The molecular formula is C8H11N5. The molecule has 0 radical (unpaired) electrons. The van der Waals surface area contributed by atoms with Crippen molar-refractivity contribution in [3.8, 4) is 11.4 Å². The van der Waals surface area contributed by atoms with Crippen molar-refractivity contribution in [2.75, 3.05) is 0 Å². The molecule has 0 aromatic carbocycles. The van der Waals surface area contributed by atoms with Gasteiger partial charge in [0.15, 0.2) is 5.82 Å². The molecule has 0 bridgehead atoms. The largest absolute Gasteiger partial charge is 0.282 e. The topological polar surface area (TPSA) is 70.2 Å². The van der Waals surface area contributed by atoms with E-state index in [9.17, 15) is 0 Å². The van der Waals surface area contributed by atoms with E-state index in [1.165, 1.54) is 0 Å². The summed E-state index contributed by atoms with van der Waals surface area (Å²) in [5, 5.41) is 13.7. The van der Waals surface area contributed by atoms with Crippen LogP contribution < -0.4 is 0 Å². The highest BCUT2D eigenvalue weighted by atomic mass is 15.2. The van der Waals surface area contributed by atoms with Crippen LogP contribution in [-0.4, -0.2) is 25.4 Å². The van der Waals surface area contributed by atoms with E-state index in [1.807, 2.05) is 13.8 Å². The van der Waals surface area contributed by atoms with Crippen molar-refractivity contribution < 1.29 is 0 Å². The predicted molar refractivity (Wildman–Crippen MR) is 48.1 cm³/mol. The smallest absolute Gasteiger partial charge is 0.184 e. The number of aromatic nitrogens is 5. The minimum absolute atomic E-state index is 0.711. The molecule has 0 saturated carbocycles. The summed E-state index contributed by atoms with van der Waals surface area (Å²) in [6.45, 7) is 3.98. The van der Waals surface area contributed by atoms with Gasteiger partial charge < -0.3 is 0 Å². The first-order chi connectivity index (χ1) is 6.31. The number of rotatable bonds is 2. The Morgan fingerprint density at radius 3 is 2.77 bits per heavy atom.